The Hall–Kier alpha value is -2.12. The Morgan fingerprint density at radius 1 is 1.24 bits per heavy atom. The fourth-order valence-corrected chi connectivity index (χ4v) is 2.67. The summed E-state index contributed by atoms with van der Waals surface area (Å²) in [5.74, 6) is -1.63. The van der Waals surface area contributed by atoms with Gasteiger partial charge in [0.25, 0.3) is 11.8 Å². The summed E-state index contributed by atoms with van der Waals surface area (Å²) in [6.45, 7) is 6.63. The summed E-state index contributed by atoms with van der Waals surface area (Å²) in [5.41, 5.74) is -0.986. The van der Waals surface area contributed by atoms with Crippen molar-refractivity contribution < 1.29 is 23.9 Å². The molecule has 2 N–H and O–H groups in total. The molecule has 1 heterocycles. The van der Waals surface area contributed by atoms with Crippen LogP contribution in [0.25, 0.3) is 0 Å². The zero-order chi connectivity index (χ0) is 19.0. The number of rotatable bonds is 10. The molecule has 1 atom stereocenters. The van der Waals surface area contributed by atoms with Crippen LogP contribution in [0, 0.1) is 0 Å². The summed E-state index contributed by atoms with van der Waals surface area (Å²) in [6.07, 6.45) is 3.77. The van der Waals surface area contributed by atoms with E-state index in [4.69, 9.17) is 4.74 Å². The molecule has 0 aromatic rings. The quantitative estimate of drug-likeness (QED) is 0.454. The minimum absolute atomic E-state index is 0.0383. The second-order valence-corrected chi connectivity index (χ2v) is 6.50. The van der Waals surface area contributed by atoms with Gasteiger partial charge in [-0.3, -0.25) is 19.3 Å². The van der Waals surface area contributed by atoms with Gasteiger partial charge in [-0.1, -0.05) is 33.6 Å². The number of amides is 4. The van der Waals surface area contributed by atoms with Crippen LogP contribution >= 0.6 is 0 Å². The summed E-state index contributed by atoms with van der Waals surface area (Å²) in [4.78, 5) is 48.8. The molecule has 0 aliphatic carbocycles. The van der Waals surface area contributed by atoms with Crippen molar-refractivity contribution in [2.75, 3.05) is 13.2 Å². The van der Waals surface area contributed by atoms with Gasteiger partial charge in [0.15, 0.2) is 6.61 Å². The first-order valence-corrected chi connectivity index (χ1v) is 8.86. The Morgan fingerprint density at radius 2 is 1.88 bits per heavy atom. The lowest BCUT2D eigenvalue weighted by Gasteiger charge is -2.21. The molecule has 1 fully saturated rings. The fraction of sp³-hybridized carbons (Fsp3) is 0.765. The van der Waals surface area contributed by atoms with Gasteiger partial charge in [-0.25, -0.2) is 4.79 Å². The number of unbranched alkanes of at least 4 members (excludes halogenated alkanes) is 1. The minimum atomic E-state index is -0.986. The van der Waals surface area contributed by atoms with Crippen molar-refractivity contribution in [1.82, 2.24) is 15.5 Å². The van der Waals surface area contributed by atoms with Crippen molar-refractivity contribution in [3.05, 3.63) is 0 Å². The van der Waals surface area contributed by atoms with E-state index < -0.39 is 42.5 Å². The molecule has 1 aliphatic heterocycles. The number of urea groups is 1. The van der Waals surface area contributed by atoms with E-state index in [2.05, 4.69) is 10.6 Å². The number of esters is 1. The largest absolute Gasteiger partial charge is 0.454 e. The SMILES string of the molecule is CCCC[C@]1(C)NC(=O)N(CC(=O)OCC(=O)NC(CC)CC)C1=O. The highest BCUT2D eigenvalue weighted by Gasteiger charge is 2.47. The van der Waals surface area contributed by atoms with Gasteiger partial charge >= 0.3 is 12.0 Å². The average molecular weight is 355 g/mol. The van der Waals surface area contributed by atoms with Crippen LogP contribution in [0.4, 0.5) is 4.79 Å². The molecular weight excluding hydrogens is 326 g/mol. The summed E-state index contributed by atoms with van der Waals surface area (Å²) >= 11 is 0. The summed E-state index contributed by atoms with van der Waals surface area (Å²) in [6, 6.07) is -0.571. The molecule has 0 aromatic heterocycles. The predicted octanol–water partition coefficient (Wildman–Crippen LogP) is 1.34. The van der Waals surface area contributed by atoms with Crippen LogP contribution in [0.15, 0.2) is 0 Å². The van der Waals surface area contributed by atoms with Gasteiger partial charge in [-0.05, 0) is 26.2 Å². The van der Waals surface area contributed by atoms with Gasteiger partial charge in [0.05, 0.1) is 0 Å². The van der Waals surface area contributed by atoms with Crippen LogP contribution in [0.3, 0.4) is 0 Å². The summed E-state index contributed by atoms with van der Waals surface area (Å²) in [5, 5.41) is 5.37. The van der Waals surface area contributed by atoms with Gasteiger partial charge in [0.1, 0.15) is 12.1 Å². The zero-order valence-corrected chi connectivity index (χ0v) is 15.5. The van der Waals surface area contributed by atoms with Crippen LogP contribution in [0.1, 0.15) is 59.8 Å². The summed E-state index contributed by atoms with van der Waals surface area (Å²) < 4.78 is 4.88. The van der Waals surface area contributed by atoms with E-state index in [0.29, 0.717) is 6.42 Å². The lowest BCUT2D eigenvalue weighted by molar-refractivity contribution is -0.151. The molecule has 25 heavy (non-hydrogen) atoms. The van der Waals surface area contributed by atoms with Crippen molar-refractivity contribution in [3.63, 3.8) is 0 Å². The molecule has 1 aliphatic rings. The molecule has 0 bridgehead atoms. The molecule has 1 rings (SSSR count). The molecule has 8 heteroatoms. The zero-order valence-electron chi connectivity index (χ0n) is 15.5. The number of hydrogen-bond donors (Lipinski definition) is 2. The Bertz CT molecular complexity index is 518. The van der Waals surface area contributed by atoms with Crippen molar-refractivity contribution in [2.45, 2.75) is 71.4 Å². The highest BCUT2D eigenvalue weighted by molar-refractivity contribution is 6.08. The normalized spacial score (nSPS) is 20.0. The van der Waals surface area contributed by atoms with Crippen molar-refractivity contribution >= 4 is 23.8 Å². The molecule has 8 nitrogen and oxygen atoms in total. The maximum atomic E-state index is 12.4. The Balaban J connectivity index is 2.50. The van der Waals surface area contributed by atoms with E-state index in [1.807, 2.05) is 20.8 Å². The first kappa shape index (κ1) is 20.9. The number of nitrogens with one attached hydrogen (secondary N) is 2. The Kier molecular flexibility index (Phi) is 7.86. The molecular formula is C17H29N3O5. The van der Waals surface area contributed by atoms with E-state index in [9.17, 15) is 19.2 Å². The van der Waals surface area contributed by atoms with Crippen molar-refractivity contribution in [3.8, 4) is 0 Å². The topological polar surface area (TPSA) is 105 Å². The second kappa shape index (κ2) is 9.39. The highest BCUT2D eigenvalue weighted by atomic mass is 16.5. The molecule has 0 aromatic carbocycles. The van der Waals surface area contributed by atoms with Crippen LogP contribution in [0.5, 0.6) is 0 Å². The third-order valence-electron chi connectivity index (χ3n) is 4.38. The number of carbonyl (C=O) groups excluding carboxylic acids is 4. The van der Waals surface area contributed by atoms with Crippen molar-refractivity contribution in [1.29, 1.82) is 0 Å². The predicted molar refractivity (Wildman–Crippen MR) is 91.6 cm³/mol. The first-order chi connectivity index (χ1) is 11.8. The first-order valence-electron chi connectivity index (χ1n) is 8.86. The van der Waals surface area contributed by atoms with Crippen LogP contribution < -0.4 is 10.6 Å². The fourth-order valence-electron chi connectivity index (χ4n) is 2.67. The van der Waals surface area contributed by atoms with Gasteiger partial charge in [-0.2, -0.15) is 0 Å². The van der Waals surface area contributed by atoms with E-state index in [1.165, 1.54) is 0 Å². The third-order valence-corrected chi connectivity index (χ3v) is 4.38. The summed E-state index contributed by atoms with van der Waals surface area (Å²) in [7, 11) is 0. The smallest absolute Gasteiger partial charge is 0.326 e. The third kappa shape index (κ3) is 5.72. The number of ether oxygens (including phenoxy) is 1. The molecule has 0 radical (unpaired) electrons. The Labute approximate surface area is 148 Å². The number of hydrogen-bond acceptors (Lipinski definition) is 5. The standard InChI is InChI=1S/C17H29N3O5/c1-5-8-9-17(4)15(23)20(16(24)19-17)10-14(22)25-11-13(21)18-12(6-2)7-3/h12H,5-11H2,1-4H3,(H,18,21)(H,19,24)/t17-/m0/s1. The second-order valence-electron chi connectivity index (χ2n) is 6.50. The lowest BCUT2D eigenvalue weighted by Crippen LogP contribution is -2.44. The van der Waals surface area contributed by atoms with E-state index >= 15 is 0 Å². The molecule has 0 saturated carbocycles. The van der Waals surface area contributed by atoms with Gasteiger partial charge in [0, 0.05) is 6.04 Å². The molecule has 142 valence electrons. The van der Waals surface area contributed by atoms with E-state index in [1.54, 1.807) is 6.92 Å². The minimum Gasteiger partial charge on any atom is -0.454 e. The molecule has 4 amide bonds. The molecule has 1 saturated heterocycles. The molecule has 0 spiro atoms. The number of carbonyl (C=O) groups is 4. The lowest BCUT2D eigenvalue weighted by atomic mass is 9.95. The van der Waals surface area contributed by atoms with Crippen LogP contribution in [0.2, 0.25) is 0 Å². The van der Waals surface area contributed by atoms with E-state index in [0.717, 1.165) is 30.6 Å². The van der Waals surface area contributed by atoms with E-state index in [-0.39, 0.29) is 6.04 Å². The number of imide groups is 1. The van der Waals surface area contributed by atoms with Crippen molar-refractivity contribution in [2.24, 2.45) is 0 Å². The number of nitrogens with zero attached hydrogens (tertiary/aromatic N) is 1. The van der Waals surface area contributed by atoms with Crippen LogP contribution in [-0.4, -0.2) is 53.4 Å². The Morgan fingerprint density at radius 3 is 2.44 bits per heavy atom. The monoisotopic (exact) mass is 355 g/mol. The van der Waals surface area contributed by atoms with Gasteiger partial charge < -0.3 is 15.4 Å². The maximum absolute atomic E-state index is 12.4. The average Bonchev–Trinajstić information content (AvgIpc) is 2.79. The maximum Gasteiger partial charge on any atom is 0.326 e. The highest BCUT2D eigenvalue weighted by Crippen LogP contribution is 2.23. The molecule has 0 unspecified atom stereocenters. The van der Waals surface area contributed by atoms with Gasteiger partial charge in [-0.15, -0.1) is 0 Å². The van der Waals surface area contributed by atoms with Crippen LogP contribution in [-0.2, 0) is 19.1 Å². The van der Waals surface area contributed by atoms with Gasteiger partial charge in [0.2, 0.25) is 0 Å².